The lowest BCUT2D eigenvalue weighted by Gasteiger charge is -2.17. The smallest absolute Gasteiger partial charge is 0.428 e. The number of hydrogen-bond donors (Lipinski definition) is 0. The molecule has 0 spiro atoms. The summed E-state index contributed by atoms with van der Waals surface area (Å²) >= 11 is 9.95. The van der Waals surface area contributed by atoms with E-state index in [1.165, 1.54) is 6.07 Å². The third-order valence-electron chi connectivity index (χ3n) is 1.21. The van der Waals surface area contributed by atoms with Crippen LogP contribution in [0.5, 0.6) is 5.75 Å². The highest BCUT2D eigenvalue weighted by molar-refractivity contribution is 6.29. The highest BCUT2D eigenvalue weighted by atomic mass is 35.5. The van der Waals surface area contributed by atoms with E-state index in [9.17, 15) is 13.2 Å². The number of rotatable bonds is 3. The monoisotopic (exact) mass is 245 g/mol. The van der Waals surface area contributed by atoms with Crippen LogP contribution in [0.1, 0.15) is 0 Å². The molecule has 0 saturated heterocycles. The van der Waals surface area contributed by atoms with Gasteiger partial charge in [0.1, 0.15) is 10.9 Å². The third-order valence-corrected chi connectivity index (χ3v) is 1.69. The number of ether oxygens (including phenoxy) is 1. The molecule has 0 aliphatic rings. The van der Waals surface area contributed by atoms with E-state index in [0.717, 1.165) is 12.3 Å². The molecule has 7 heteroatoms. The molecule has 1 heterocycles. The normalized spacial score (nSPS) is 13.8. The van der Waals surface area contributed by atoms with Crippen molar-refractivity contribution in [1.82, 2.24) is 4.98 Å². The lowest BCUT2D eigenvalue weighted by Crippen LogP contribution is -2.32. The lowest BCUT2D eigenvalue weighted by atomic mass is 10.4. The van der Waals surface area contributed by atoms with Gasteiger partial charge in [0.2, 0.25) is 0 Å². The molecule has 1 atom stereocenters. The molecule has 0 aliphatic carbocycles. The molecule has 2 nitrogen and oxygen atoms in total. The number of halogens is 5. The zero-order chi connectivity index (χ0) is 10.8. The Kier molecular flexibility index (Phi) is 3.44. The minimum absolute atomic E-state index is 0.114. The molecule has 0 fully saturated rings. The molecular formula is C7H4Cl2F3NO. The number of alkyl halides is 4. The Bertz CT molecular complexity index is 304. The van der Waals surface area contributed by atoms with E-state index in [0.29, 0.717) is 0 Å². The van der Waals surface area contributed by atoms with Crippen molar-refractivity contribution in [2.45, 2.75) is 11.7 Å². The largest absolute Gasteiger partial charge is 0.444 e. The fraction of sp³-hybridized carbons (Fsp3) is 0.286. The molecule has 1 unspecified atom stereocenters. The Morgan fingerprint density at radius 3 is 2.50 bits per heavy atom. The van der Waals surface area contributed by atoms with Gasteiger partial charge in [0.05, 0.1) is 6.20 Å². The molecule has 78 valence electrons. The van der Waals surface area contributed by atoms with Crippen molar-refractivity contribution in [3.63, 3.8) is 0 Å². The average molecular weight is 246 g/mol. The van der Waals surface area contributed by atoms with Gasteiger partial charge in [-0.05, 0) is 12.1 Å². The molecule has 0 radical (unpaired) electrons. The summed E-state index contributed by atoms with van der Waals surface area (Å²) in [7, 11) is 0. The Balaban J connectivity index is 2.74. The van der Waals surface area contributed by atoms with E-state index in [1.807, 2.05) is 0 Å². The Morgan fingerprint density at radius 1 is 1.43 bits per heavy atom. The van der Waals surface area contributed by atoms with Crippen LogP contribution in [0.4, 0.5) is 13.2 Å². The molecular weight excluding hydrogens is 242 g/mol. The van der Waals surface area contributed by atoms with Crippen molar-refractivity contribution in [2.24, 2.45) is 0 Å². The van der Waals surface area contributed by atoms with Gasteiger partial charge in [-0.2, -0.15) is 8.78 Å². The maximum atomic E-state index is 12.5. The second-order valence-electron chi connectivity index (χ2n) is 2.28. The Morgan fingerprint density at radius 2 is 2.07 bits per heavy atom. The molecule has 0 N–H and O–H groups in total. The van der Waals surface area contributed by atoms with Gasteiger partial charge in [-0.15, -0.1) is 0 Å². The van der Waals surface area contributed by atoms with Gasteiger partial charge in [-0.25, -0.2) is 9.37 Å². The minimum atomic E-state index is -4.09. The summed E-state index contributed by atoms with van der Waals surface area (Å²) in [5, 5.41) is 0.114. The first-order valence-electron chi connectivity index (χ1n) is 3.38. The van der Waals surface area contributed by atoms with Crippen molar-refractivity contribution in [3.8, 4) is 5.75 Å². The highest BCUT2D eigenvalue weighted by Crippen LogP contribution is 2.28. The fourth-order valence-electron chi connectivity index (χ4n) is 0.624. The molecule has 0 bridgehead atoms. The van der Waals surface area contributed by atoms with Gasteiger partial charge in [-0.1, -0.05) is 23.2 Å². The quantitative estimate of drug-likeness (QED) is 0.603. The van der Waals surface area contributed by atoms with Gasteiger partial charge >= 0.3 is 6.11 Å². The summed E-state index contributed by atoms with van der Waals surface area (Å²) in [4.78, 5) is 3.46. The molecule has 0 aliphatic heterocycles. The maximum absolute atomic E-state index is 12.5. The topological polar surface area (TPSA) is 22.1 Å². The van der Waals surface area contributed by atoms with E-state index < -0.39 is 11.7 Å². The lowest BCUT2D eigenvalue weighted by molar-refractivity contribution is -0.199. The summed E-state index contributed by atoms with van der Waals surface area (Å²) in [6.07, 6.45) is -3.15. The van der Waals surface area contributed by atoms with Gasteiger partial charge in [-0.3, -0.25) is 0 Å². The van der Waals surface area contributed by atoms with Crippen molar-refractivity contribution < 1.29 is 17.9 Å². The van der Waals surface area contributed by atoms with E-state index in [1.54, 1.807) is 0 Å². The third kappa shape index (κ3) is 2.92. The predicted molar refractivity (Wildman–Crippen MR) is 45.6 cm³/mol. The van der Waals surface area contributed by atoms with Crippen molar-refractivity contribution in [1.29, 1.82) is 0 Å². The van der Waals surface area contributed by atoms with Crippen molar-refractivity contribution in [2.75, 3.05) is 0 Å². The Labute approximate surface area is 87.6 Å². The summed E-state index contributed by atoms with van der Waals surface area (Å²) in [6.45, 7) is 0. The van der Waals surface area contributed by atoms with Crippen LogP contribution in [0.3, 0.4) is 0 Å². The van der Waals surface area contributed by atoms with E-state index in [4.69, 9.17) is 11.6 Å². The molecule has 1 aromatic heterocycles. The number of hydrogen-bond acceptors (Lipinski definition) is 2. The number of aromatic nitrogens is 1. The number of pyridine rings is 1. The maximum Gasteiger partial charge on any atom is 0.444 e. The van der Waals surface area contributed by atoms with Crippen LogP contribution in [0, 0.1) is 0 Å². The SMILES string of the molecule is FC(Cl)C(F)(F)Oc1ccc(Cl)nc1. The Hall–Kier alpha value is -0.680. The van der Waals surface area contributed by atoms with Crippen LogP contribution in [0.25, 0.3) is 0 Å². The summed E-state index contributed by atoms with van der Waals surface area (Å²) < 4.78 is 41.1. The summed E-state index contributed by atoms with van der Waals surface area (Å²) in [6, 6.07) is 2.36. The van der Waals surface area contributed by atoms with Crippen LogP contribution in [0.2, 0.25) is 5.15 Å². The first kappa shape index (κ1) is 11.4. The second-order valence-corrected chi connectivity index (χ2v) is 3.05. The van der Waals surface area contributed by atoms with Crippen molar-refractivity contribution >= 4 is 23.2 Å². The first-order chi connectivity index (χ1) is 6.42. The van der Waals surface area contributed by atoms with Crippen LogP contribution in [-0.2, 0) is 0 Å². The van der Waals surface area contributed by atoms with E-state index in [-0.39, 0.29) is 10.9 Å². The molecule has 0 amide bonds. The molecule has 0 aromatic carbocycles. The average Bonchev–Trinajstić information content (AvgIpc) is 2.08. The molecule has 14 heavy (non-hydrogen) atoms. The molecule has 1 aromatic rings. The van der Waals surface area contributed by atoms with Crippen LogP contribution < -0.4 is 4.74 Å². The van der Waals surface area contributed by atoms with Gasteiger partial charge in [0.15, 0.2) is 0 Å². The van der Waals surface area contributed by atoms with Gasteiger partial charge in [0.25, 0.3) is 5.63 Å². The van der Waals surface area contributed by atoms with E-state index >= 15 is 0 Å². The van der Waals surface area contributed by atoms with Crippen LogP contribution >= 0.6 is 23.2 Å². The van der Waals surface area contributed by atoms with Crippen LogP contribution in [0.15, 0.2) is 18.3 Å². The second kappa shape index (κ2) is 4.23. The van der Waals surface area contributed by atoms with Crippen LogP contribution in [-0.4, -0.2) is 16.7 Å². The molecule has 0 saturated carbocycles. The fourth-order valence-corrected chi connectivity index (χ4v) is 0.781. The van der Waals surface area contributed by atoms with Gasteiger partial charge < -0.3 is 4.74 Å². The standard InChI is InChI=1S/C7H4Cl2F3NO/c8-5-2-1-4(3-13-5)14-7(11,12)6(9)10/h1-3,6H. The van der Waals surface area contributed by atoms with E-state index in [2.05, 4.69) is 21.3 Å². The predicted octanol–water partition coefficient (Wildman–Crippen LogP) is 3.24. The summed E-state index contributed by atoms with van der Waals surface area (Å²) in [5.74, 6) is -0.317. The minimum Gasteiger partial charge on any atom is -0.428 e. The zero-order valence-corrected chi connectivity index (χ0v) is 8.07. The van der Waals surface area contributed by atoms with Crippen molar-refractivity contribution in [3.05, 3.63) is 23.5 Å². The summed E-state index contributed by atoms with van der Waals surface area (Å²) in [5.41, 5.74) is -2.92. The first-order valence-corrected chi connectivity index (χ1v) is 4.20. The molecule has 1 rings (SSSR count). The van der Waals surface area contributed by atoms with Gasteiger partial charge in [0, 0.05) is 0 Å². The number of nitrogens with zero attached hydrogens (tertiary/aromatic N) is 1. The highest BCUT2D eigenvalue weighted by Gasteiger charge is 2.42. The zero-order valence-electron chi connectivity index (χ0n) is 6.55.